The Morgan fingerprint density at radius 3 is 3.00 bits per heavy atom. The van der Waals surface area contributed by atoms with Crippen molar-refractivity contribution in [1.82, 2.24) is 5.32 Å². The molecule has 0 spiro atoms. The van der Waals surface area contributed by atoms with E-state index in [1.165, 1.54) is 16.5 Å². The average Bonchev–Trinajstić information content (AvgIpc) is 2.99. The Labute approximate surface area is 99.1 Å². The van der Waals surface area contributed by atoms with E-state index in [1.807, 2.05) is 13.1 Å². The minimum atomic E-state index is 0.696. The zero-order valence-electron chi connectivity index (χ0n) is 9.09. The fourth-order valence-corrected chi connectivity index (χ4v) is 2.59. The second-order valence-electron chi connectivity index (χ2n) is 4.05. The van der Waals surface area contributed by atoms with Gasteiger partial charge in [0.2, 0.25) is 0 Å². The first kappa shape index (κ1) is 11.0. The van der Waals surface area contributed by atoms with E-state index in [0.29, 0.717) is 5.92 Å². The highest BCUT2D eigenvalue weighted by molar-refractivity contribution is 9.10. The second kappa shape index (κ2) is 4.54. The smallest absolute Gasteiger partial charge is 0.119 e. The molecule has 3 heteroatoms. The maximum atomic E-state index is 5.25. The number of nitrogens with one attached hydrogen (secondary N) is 1. The molecule has 2 nitrogen and oxygen atoms in total. The van der Waals surface area contributed by atoms with E-state index in [-0.39, 0.29) is 0 Å². The van der Waals surface area contributed by atoms with Gasteiger partial charge in [-0.25, -0.2) is 0 Å². The van der Waals surface area contributed by atoms with Crippen molar-refractivity contribution in [3.63, 3.8) is 0 Å². The molecule has 82 valence electrons. The van der Waals surface area contributed by atoms with Gasteiger partial charge in [0.05, 0.1) is 7.11 Å². The van der Waals surface area contributed by atoms with Crippen LogP contribution in [0.2, 0.25) is 0 Å². The summed E-state index contributed by atoms with van der Waals surface area (Å²) in [4.78, 5) is 0. The summed E-state index contributed by atoms with van der Waals surface area (Å²) in [6.07, 6.45) is 1.28. The van der Waals surface area contributed by atoms with Gasteiger partial charge in [-0.1, -0.05) is 15.9 Å². The first-order valence-corrected chi connectivity index (χ1v) is 6.03. The van der Waals surface area contributed by atoms with Crippen LogP contribution in [0, 0.1) is 5.92 Å². The van der Waals surface area contributed by atoms with Crippen molar-refractivity contribution in [2.24, 2.45) is 5.92 Å². The average molecular weight is 270 g/mol. The van der Waals surface area contributed by atoms with Crippen molar-refractivity contribution in [1.29, 1.82) is 0 Å². The van der Waals surface area contributed by atoms with E-state index in [2.05, 4.69) is 33.4 Å². The highest BCUT2D eigenvalue weighted by Crippen LogP contribution is 2.49. The molecular weight excluding hydrogens is 254 g/mol. The molecule has 1 aromatic rings. The highest BCUT2D eigenvalue weighted by Gasteiger charge is 2.38. The molecule has 1 aromatic carbocycles. The molecule has 0 aromatic heterocycles. The summed E-state index contributed by atoms with van der Waals surface area (Å²) in [6.45, 7) is 1.11. The molecule has 0 amide bonds. The quantitative estimate of drug-likeness (QED) is 0.908. The lowest BCUT2D eigenvalue weighted by Crippen LogP contribution is -2.10. The van der Waals surface area contributed by atoms with Gasteiger partial charge in [0, 0.05) is 4.47 Å². The molecule has 1 N–H and O–H groups in total. The Bertz CT molecular complexity index is 353. The van der Waals surface area contributed by atoms with E-state index < -0.39 is 0 Å². The van der Waals surface area contributed by atoms with E-state index >= 15 is 0 Å². The predicted molar refractivity (Wildman–Crippen MR) is 65.5 cm³/mol. The van der Waals surface area contributed by atoms with E-state index in [1.54, 1.807) is 7.11 Å². The minimum Gasteiger partial charge on any atom is -0.497 e. The van der Waals surface area contributed by atoms with Crippen molar-refractivity contribution >= 4 is 15.9 Å². The summed E-state index contributed by atoms with van der Waals surface area (Å²) in [5.41, 5.74) is 1.38. The van der Waals surface area contributed by atoms with Crippen molar-refractivity contribution < 1.29 is 4.74 Å². The van der Waals surface area contributed by atoms with Crippen LogP contribution in [0.4, 0.5) is 0 Å². The molecule has 2 atom stereocenters. The topological polar surface area (TPSA) is 21.3 Å². The molecule has 2 rings (SSSR count). The van der Waals surface area contributed by atoms with Gasteiger partial charge < -0.3 is 10.1 Å². The van der Waals surface area contributed by atoms with Crippen LogP contribution in [0.25, 0.3) is 0 Å². The molecule has 2 unspecified atom stereocenters. The van der Waals surface area contributed by atoms with Gasteiger partial charge in [-0.15, -0.1) is 0 Å². The zero-order valence-corrected chi connectivity index (χ0v) is 10.7. The number of methoxy groups -OCH3 is 1. The molecule has 0 bridgehead atoms. The van der Waals surface area contributed by atoms with Crippen LogP contribution in [0.3, 0.4) is 0 Å². The van der Waals surface area contributed by atoms with Gasteiger partial charge in [0.1, 0.15) is 5.75 Å². The van der Waals surface area contributed by atoms with Crippen molar-refractivity contribution in [3.8, 4) is 5.75 Å². The lowest BCUT2D eigenvalue weighted by molar-refractivity contribution is 0.414. The minimum absolute atomic E-state index is 0.696. The lowest BCUT2D eigenvalue weighted by atomic mass is 10.1. The van der Waals surface area contributed by atoms with Gasteiger partial charge in [0.25, 0.3) is 0 Å². The van der Waals surface area contributed by atoms with Gasteiger partial charge in [-0.3, -0.25) is 0 Å². The number of halogens is 1. The third-order valence-corrected chi connectivity index (χ3v) is 3.71. The third kappa shape index (κ3) is 2.34. The largest absolute Gasteiger partial charge is 0.497 e. The normalized spacial score (nSPS) is 23.9. The van der Waals surface area contributed by atoms with Crippen LogP contribution in [0.1, 0.15) is 17.9 Å². The Morgan fingerprint density at radius 1 is 1.53 bits per heavy atom. The third-order valence-electron chi connectivity index (χ3n) is 2.99. The summed E-state index contributed by atoms with van der Waals surface area (Å²) in [5.74, 6) is 2.43. The number of hydrogen-bond donors (Lipinski definition) is 1. The second-order valence-corrected chi connectivity index (χ2v) is 4.90. The monoisotopic (exact) mass is 269 g/mol. The molecular formula is C12H16BrNO. The SMILES string of the molecule is CNCC1CC1c1cc(OC)ccc1Br. The first-order valence-electron chi connectivity index (χ1n) is 5.24. The maximum Gasteiger partial charge on any atom is 0.119 e. The number of ether oxygens (including phenoxy) is 1. The number of hydrogen-bond acceptors (Lipinski definition) is 2. The van der Waals surface area contributed by atoms with Crippen LogP contribution in [-0.4, -0.2) is 20.7 Å². The van der Waals surface area contributed by atoms with E-state index in [0.717, 1.165) is 18.2 Å². The molecule has 1 saturated carbocycles. The van der Waals surface area contributed by atoms with Crippen molar-refractivity contribution in [3.05, 3.63) is 28.2 Å². The number of benzene rings is 1. The summed E-state index contributed by atoms with van der Waals surface area (Å²) in [6, 6.07) is 6.20. The van der Waals surface area contributed by atoms with Crippen molar-refractivity contribution in [2.45, 2.75) is 12.3 Å². The molecule has 1 aliphatic carbocycles. The van der Waals surface area contributed by atoms with E-state index in [4.69, 9.17) is 4.74 Å². The first-order chi connectivity index (χ1) is 7.26. The Balaban J connectivity index is 2.14. The summed E-state index contributed by atoms with van der Waals surface area (Å²) < 4.78 is 6.45. The molecule has 0 heterocycles. The van der Waals surface area contributed by atoms with Gasteiger partial charge in [-0.2, -0.15) is 0 Å². The Hall–Kier alpha value is -0.540. The Kier molecular flexibility index (Phi) is 3.32. The van der Waals surface area contributed by atoms with Gasteiger partial charge >= 0.3 is 0 Å². The molecule has 15 heavy (non-hydrogen) atoms. The lowest BCUT2D eigenvalue weighted by Gasteiger charge is -2.06. The van der Waals surface area contributed by atoms with Gasteiger partial charge in [0.15, 0.2) is 0 Å². The highest BCUT2D eigenvalue weighted by atomic mass is 79.9. The van der Waals surface area contributed by atoms with Crippen LogP contribution < -0.4 is 10.1 Å². The van der Waals surface area contributed by atoms with Crippen molar-refractivity contribution in [2.75, 3.05) is 20.7 Å². The standard InChI is InChI=1S/C12H16BrNO/c1-14-7-8-5-10(8)11-6-9(15-2)3-4-12(11)13/h3-4,6,8,10,14H,5,7H2,1-2H3. The molecule has 1 fully saturated rings. The predicted octanol–water partition coefficient (Wildman–Crippen LogP) is 2.78. The molecule has 0 radical (unpaired) electrons. The van der Waals surface area contributed by atoms with Crippen LogP contribution in [0.15, 0.2) is 22.7 Å². The van der Waals surface area contributed by atoms with E-state index in [9.17, 15) is 0 Å². The molecule has 0 aliphatic heterocycles. The maximum absolute atomic E-state index is 5.25. The zero-order chi connectivity index (χ0) is 10.8. The fourth-order valence-electron chi connectivity index (χ4n) is 2.05. The fraction of sp³-hybridized carbons (Fsp3) is 0.500. The molecule has 0 saturated heterocycles. The summed E-state index contributed by atoms with van der Waals surface area (Å²) >= 11 is 3.60. The van der Waals surface area contributed by atoms with Crippen LogP contribution in [-0.2, 0) is 0 Å². The van der Waals surface area contributed by atoms with Gasteiger partial charge in [-0.05, 0) is 55.6 Å². The number of rotatable bonds is 4. The summed E-state index contributed by atoms with van der Waals surface area (Å²) in [7, 11) is 3.72. The Morgan fingerprint density at radius 2 is 2.33 bits per heavy atom. The van der Waals surface area contributed by atoms with Crippen LogP contribution in [0.5, 0.6) is 5.75 Å². The molecule has 1 aliphatic rings. The van der Waals surface area contributed by atoms with Crippen LogP contribution >= 0.6 is 15.9 Å². The summed E-state index contributed by atoms with van der Waals surface area (Å²) in [5, 5.41) is 3.23.